The van der Waals surface area contributed by atoms with E-state index in [0.29, 0.717) is 19.8 Å². The number of aliphatic hydroxyl groups is 1. The molecule has 0 atom stereocenters. The molecule has 0 fully saturated rings. The van der Waals surface area contributed by atoms with E-state index in [1.165, 1.54) is 7.11 Å². The minimum Gasteiger partial charge on any atom is -0.394 e. The second kappa shape index (κ2) is 6.75. The van der Waals surface area contributed by atoms with Crippen LogP contribution in [0, 0.1) is 0 Å². The van der Waals surface area contributed by atoms with E-state index >= 15 is 0 Å². The Bertz CT molecular complexity index is 170. The molecule has 1 amide bonds. The molecule has 0 saturated carbocycles. The number of amides is 1. The first-order chi connectivity index (χ1) is 6.54. The number of ether oxygens (including phenoxy) is 2. The van der Waals surface area contributed by atoms with E-state index in [1.54, 1.807) is 13.8 Å². The van der Waals surface area contributed by atoms with Gasteiger partial charge < -0.3 is 19.9 Å². The van der Waals surface area contributed by atoms with E-state index in [0.717, 1.165) is 0 Å². The van der Waals surface area contributed by atoms with Crippen molar-refractivity contribution in [3.8, 4) is 0 Å². The van der Waals surface area contributed by atoms with Crippen LogP contribution in [0.4, 0.5) is 0 Å². The molecule has 0 spiro atoms. The summed E-state index contributed by atoms with van der Waals surface area (Å²) in [7, 11) is 1.49. The number of hydrogen-bond donors (Lipinski definition) is 2. The zero-order valence-corrected chi connectivity index (χ0v) is 9.00. The Morgan fingerprint density at radius 3 is 2.57 bits per heavy atom. The molecule has 84 valence electrons. The normalized spacial score (nSPS) is 11.4. The Morgan fingerprint density at radius 1 is 1.43 bits per heavy atom. The minimum absolute atomic E-state index is 0.00247. The summed E-state index contributed by atoms with van der Waals surface area (Å²) in [5, 5.41) is 11.1. The summed E-state index contributed by atoms with van der Waals surface area (Å²) in [6.07, 6.45) is 0. The van der Waals surface area contributed by atoms with E-state index in [4.69, 9.17) is 14.6 Å². The fourth-order valence-corrected chi connectivity index (χ4v) is 0.709. The predicted molar refractivity (Wildman–Crippen MR) is 52.0 cm³/mol. The van der Waals surface area contributed by atoms with Gasteiger partial charge in [-0.25, -0.2) is 0 Å². The van der Waals surface area contributed by atoms with Crippen molar-refractivity contribution in [1.82, 2.24) is 5.32 Å². The monoisotopic (exact) mass is 205 g/mol. The molecule has 0 unspecified atom stereocenters. The molecule has 2 N–H and O–H groups in total. The molecule has 0 aromatic carbocycles. The van der Waals surface area contributed by atoms with Gasteiger partial charge in [0.1, 0.15) is 5.60 Å². The summed E-state index contributed by atoms with van der Waals surface area (Å²) in [6.45, 7) is 4.49. The summed E-state index contributed by atoms with van der Waals surface area (Å²) in [5.41, 5.74) is -0.809. The van der Waals surface area contributed by atoms with E-state index in [9.17, 15) is 4.79 Å². The smallest absolute Gasteiger partial charge is 0.251 e. The van der Waals surface area contributed by atoms with Crippen LogP contribution >= 0.6 is 0 Å². The summed E-state index contributed by atoms with van der Waals surface area (Å²) in [6, 6.07) is 0. The zero-order valence-electron chi connectivity index (χ0n) is 9.00. The Morgan fingerprint density at radius 2 is 2.07 bits per heavy atom. The first-order valence-corrected chi connectivity index (χ1v) is 4.56. The van der Waals surface area contributed by atoms with Crippen LogP contribution in [0.2, 0.25) is 0 Å². The average Bonchev–Trinajstić information content (AvgIpc) is 2.17. The first-order valence-electron chi connectivity index (χ1n) is 4.56. The molecule has 0 radical (unpaired) electrons. The van der Waals surface area contributed by atoms with Crippen molar-refractivity contribution in [3.63, 3.8) is 0 Å². The van der Waals surface area contributed by atoms with Crippen molar-refractivity contribution in [3.05, 3.63) is 0 Å². The molecular weight excluding hydrogens is 186 g/mol. The maximum Gasteiger partial charge on any atom is 0.251 e. The molecule has 14 heavy (non-hydrogen) atoms. The fourth-order valence-electron chi connectivity index (χ4n) is 0.709. The van der Waals surface area contributed by atoms with Gasteiger partial charge in [-0.05, 0) is 13.8 Å². The third-order valence-electron chi connectivity index (χ3n) is 1.82. The number of hydrogen-bond acceptors (Lipinski definition) is 4. The molecule has 0 rings (SSSR count). The highest BCUT2D eigenvalue weighted by molar-refractivity contribution is 5.84. The topological polar surface area (TPSA) is 67.8 Å². The lowest BCUT2D eigenvalue weighted by Gasteiger charge is -2.21. The highest BCUT2D eigenvalue weighted by Gasteiger charge is 2.26. The van der Waals surface area contributed by atoms with Crippen molar-refractivity contribution >= 4 is 5.91 Å². The van der Waals surface area contributed by atoms with Crippen LogP contribution in [0.3, 0.4) is 0 Å². The first kappa shape index (κ1) is 13.4. The second-order valence-corrected chi connectivity index (χ2v) is 3.31. The molecule has 0 saturated heterocycles. The van der Waals surface area contributed by atoms with Crippen molar-refractivity contribution < 1.29 is 19.4 Å². The number of carbonyl (C=O) groups excluding carboxylic acids is 1. The molecule has 0 aliphatic carbocycles. The van der Waals surface area contributed by atoms with Crippen LogP contribution in [-0.4, -0.2) is 50.1 Å². The van der Waals surface area contributed by atoms with Gasteiger partial charge in [-0.3, -0.25) is 4.79 Å². The molecule has 0 bridgehead atoms. The van der Waals surface area contributed by atoms with Gasteiger partial charge in [-0.1, -0.05) is 0 Å². The number of rotatable bonds is 7. The Kier molecular flexibility index (Phi) is 6.44. The molecular formula is C9H19NO4. The van der Waals surface area contributed by atoms with Gasteiger partial charge >= 0.3 is 0 Å². The van der Waals surface area contributed by atoms with Crippen LogP contribution in [-0.2, 0) is 14.3 Å². The lowest BCUT2D eigenvalue weighted by Crippen LogP contribution is -2.44. The summed E-state index contributed by atoms with van der Waals surface area (Å²) in [5.74, 6) is -0.174. The highest BCUT2D eigenvalue weighted by atomic mass is 16.5. The molecule has 0 aliphatic heterocycles. The van der Waals surface area contributed by atoms with Crippen LogP contribution in [0.5, 0.6) is 0 Å². The largest absolute Gasteiger partial charge is 0.394 e. The van der Waals surface area contributed by atoms with Crippen LogP contribution in [0.1, 0.15) is 13.8 Å². The Labute approximate surface area is 84.4 Å². The van der Waals surface area contributed by atoms with E-state index in [-0.39, 0.29) is 12.5 Å². The van der Waals surface area contributed by atoms with Gasteiger partial charge in [-0.15, -0.1) is 0 Å². The molecule has 0 aliphatic rings. The second-order valence-electron chi connectivity index (χ2n) is 3.31. The van der Waals surface area contributed by atoms with Gasteiger partial charge in [-0.2, -0.15) is 0 Å². The standard InChI is InChI=1S/C9H19NO4/c1-9(2,13-3)8(12)10-4-6-14-7-5-11/h11H,4-7H2,1-3H3,(H,10,12). The minimum atomic E-state index is -0.809. The summed E-state index contributed by atoms with van der Waals surface area (Å²) < 4.78 is 9.96. The maximum atomic E-state index is 11.4. The van der Waals surface area contributed by atoms with Crippen molar-refractivity contribution in [2.24, 2.45) is 0 Å². The van der Waals surface area contributed by atoms with Crippen LogP contribution in [0.15, 0.2) is 0 Å². The van der Waals surface area contributed by atoms with Gasteiger partial charge in [0.2, 0.25) is 0 Å². The lowest BCUT2D eigenvalue weighted by molar-refractivity contribution is -0.139. The van der Waals surface area contributed by atoms with Gasteiger partial charge in [0.15, 0.2) is 0 Å². The van der Waals surface area contributed by atoms with Crippen LogP contribution in [0.25, 0.3) is 0 Å². The quantitative estimate of drug-likeness (QED) is 0.552. The van der Waals surface area contributed by atoms with Crippen molar-refractivity contribution in [1.29, 1.82) is 0 Å². The summed E-state index contributed by atoms with van der Waals surface area (Å²) >= 11 is 0. The summed E-state index contributed by atoms with van der Waals surface area (Å²) in [4.78, 5) is 11.4. The van der Waals surface area contributed by atoms with Crippen LogP contribution < -0.4 is 5.32 Å². The average molecular weight is 205 g/mol. The van der Waals surface area contributed by atoms with Gasteiger partial charge in [0, 0.05) is 13.7 Å². The Hall–Kier alpha value is -0.650. The third kappa shape index (κ3) is 5.16. The molecule has 0 aromatic heterocycles. The number of carbonyl (C=O) groups is 1. The number of methoxy groups -OCH3 is 1. The van der Waals surface area contributed by atoms with E-state index < -0.39 is 5.60 Å². The molecule has 0 aromatic rings. The van der Waals surface area contributed by atoms with E-state index in [2.05, 4.69) is 5.32 Å². The maximum absolute atomic E-state index is 11.4. The molecule has 5 nitrogen and oxygen atoms in total. The van der Waals surface area contributed by atoms with Gasteiger partial charge in [0.05, 0.1) is 19.8 Å². The zero-order chi connectivity index (χ0) is 11.0. The SMILES string of the molecule is COC(C)(C)C(=O)NCCOCCO. The van der Waals surface area contributed by atoms with E-state index in [1.807, 2.05) is 0 Å². The third-order valence-corrected chi connectivity index (χ3v) is 1.82. The number of nitrogens with one attached hydrogen (secondary N) is 1. The predicted octanol–water partition coefficient (Wildman–Crippen LogP) is -0.463. The fraction of sp³-hybridized carbons (Fsp3) is 0.889. The van der Waals surface area contributed by atoms with Gasteiger partial charge in [0.25, 0.3) is 5.91 Å². The molecule has 0 heterocycles. The Balaban J connectivity index is 3.54. The van der Waals surface area contributed by atoms with Crippen molar-refractivity contribution in [2.75, 3.05) is 33.5 Å². The number of aliphatic hydroxyl groups excluding tert-OH is 1. The molecule has 5 heteroatoms. The highest BCUT2D eigenvalue weighted by Crippen LogP contribution is 2.06. The van der Waals surface area contributed by atoms with Crippen molar-refractivity contribution in [2.45, 2.75) is 19.4 Å². The lowest BCUT2D eigenvalue weighted by atomic mass is 10.1.